The molecule has 2 unspecified atom stereocenters. The molecular weight excluding hydrogens is 414 g/mol. The van der Waals surface area contributed by atoms with Gasteiger partial charge in [0.05, 0.1) is 6.07 Å². The Kier molecular flexibility index (Phi) is 8.80. The number of hydrogen-bond acceptors (Lipinski definition) is 5. The van der Waals surface area contributed by atoms with Crippen LogP contribution in [0.4, 0.5) is 0 Å². The summed E-state index contributed by atoms with van der Waals surface area (Å²) in [5.74, 6) is 0.242. The number of rotatable bonds is 7. The van der Waals surface area contributed by atoms with Crippen LogP contribution in [0.15, 0.2) is 0 Å². The number of carbonyl (C=O) groups is 2. The number of nitrogens with zero attached hydrogens (tertiary/aromatic N) is 4. The van der Waals surface area contributed by atoms with E-state index in [9.17, 15) is 14.9 Å². The molecule has 7 nitrogen and oxygen atoms in total. The highest BCUT2D eigenvalue weighted by atomic mass is 16.2. The number of piperazine rings is 1. The number of carbonyl (C=O) groups excluding carboxylic acids is 2. The monoisotopic (exact) mass is 459 g/mol. The van der Waals surface area contributed by atoms with E-state index in [1.807, 2.05) is 4.90 Å². The maximum atomic E-state index is 13.4. The fraction of sp³-hybridized carbons (Fsp3) is 0.885. The highest BCUT2D eigenvalue weighted by Crippen LogP contribution is 2.31. The molecule has 33 heavy (non-hydrogen) atoms. The summed E-state index contributed by atoms with van der Waals surface area (Å²) >= 11 is 0. The summed E-state index contributed by atoms with van der Waals surface area (Å²) < 4.78 is 0. The van der Waals surface area contributed by atoms with E-state index in [0.29, 0.717) is 19.4 Å². The van der Waals surface area contributed by atoms with Crippen molar-refractivity contribution in [3.63, 3.8) is 0 Å². The molecule has 3 aliphatic rings. The molecule has 0 aromatic rings. The molecule has 2 amide bonds. The van der Waals surface area contributed by atoms with Crippen LogP contribution in [0.5, 0.6) is 0 Å². The minimum atomic E-state index is -0.835. The Morgan fingerprint density at radius 2 is 1.76 bits per heavy atom. The molecule has 0 spiro atoms. The van der Waals surface area contributed by atoms with Crippen LogP contribution >= 0.6 is 0 Å². The highest BCUT2D eigenvalue weighted by Gasteiger charge is 2.42. The Bertz CT molecular complexity index is 713. The third-order valence-electron chi connectivity index (χ3n) is 7.67. The molecule has 2 saturated heterocycles. The average Bonchev–Trinajstić information content (AvgIpc) is 3.16. The van der Waals surface area contributed by atoms with Gasteiger partial charge in [-0.2, -0.15) is 5.26 Å². The molecule has 1 aliphatic carbocycles. The fourth-order valence-electron chi connectivity index (χ4n) is 5.73. The maximum Gasteiger partial charge on any atom is 0.224 e. The van der Waals surface area contributed by atoms with E-state index in [4.69, 9.17) is 0 Å². The third-order valence-corrected chi connectivity index (χ3v) is 7.67. The topological polar surface area (TPSA) is 79.7 Å². The van der Waals surface area contributed by atoms with Gasteiger partial charge in [-0.15, -0.1) is 0 Å². The van der Waals surface area contributed by atoms with Crippen molar-refractivity contribution in [3.05, 3.63) is 0 Å². The Morgan fingerprint density at radius 3 is 2.36 bits per heavy atom. The summed E-state index contributed by atoms with van der Waals surface area (Å²) in [5.41, 5.74) is -0.911. The number of likely N-dealkylation sites (tertiary alicyclic amines) is 1. The van der Waals surface area contributed by atoms with Crippen molar-refractivity contribution < 1.29 is 9.59 Å². The molecule has 186 valence electrons. The minimum absolute atomic E-state index is 0.0591. The van der Waals surface area contributed by atoms with Crippen LogP contribution < -0.4 is 5.32 Å². The van der Waals surface area contributed by atoms with Gasteiger partial charge in [0.2, 0.25) is 11.8 Å². The second kappa shape index (κ2) is 11.2. The van der Waals surface area contributed by atoms with E-state index in [1.54, 1.807) is 0 Å². The molecule has 1 saturated carbocycles. The van der Waals surface area contributed by atoms with Gasteiger partial charge in [0.25, 0.3) is 0 Å². The van der Waals surface area contributed by atoms with Gasteiger partial charge in [-0.3, -0.25) is 14.5 Å². The van der Waals surface area contributed by atoms with Gasteiger partial charge in [-0.25, -0.2) is 0 Å². The smallest absolute Gasteiger partial charge is 0.224 e. The van der Waals surface area contributed by atoms with E-state index >= 15 is 0 Å². The lowest BCUT2D eigenvalue weighted by molar-refractivity contribution is -0.138. The number of nitrogens with one attached hydrogen (secondary N) is 1. The summed E-state index contributed by atoms with van der Waals surface area (Å²) in [7, 11) is 2.07. The van der Waals surface area contributed by atoms with E-state index in [2.05, 4.69) is 49.0 Å². The van der Waals surface area contributed by atoms with Crippen LogP contribution in [0.1, 0.15) is 72.1 Å². The maximum absolute atomic E-state index is 13.4. The molecule has 7 heteroatoms. The zero-order valence-corrected chi connectivity index (χ0v) is 21.4. The predicted molar refractivity (Wildman–Crippen MR) is 130 cm³/mol. The van der Waals surface area contributed by atoms with Gasteiger partial charge in [0.1, 0.15) is 5.54 Å². The van der Waals surface area contributed by atoms with Crippen LogP contribution in [-0.4, -0.2) is 84.9 Å². The largest absolute Gasteiger partial charge is 0.340 e. The zero-order valence-electron chi connectivity index (χ0n) is 21.4. The van der Waals surface area contributed by atoms with Crippen molar-refractivity contribution >= 4 is 11.8 Å². The predicted octanol–water partition coefficient (Wildman–Crippen LogP) is 2.87. The Morgan fingerprint density at radius 1 is 1.09 bits per heavy atom. The van der Waals surface area contributed by atoms with Crippen LogP contribution in [-0.2, 0) is 9.59 Å². The first-order valence-corrected chi connectivity index (χ1v) is 13.0. The Hall–Kier alpha value is -1.65. The van der Waals surface area contributed by atoms with Gasteiger partial charge in [-0.1, -0.05) is 40.0 Å². The standard InChI is InChI=1S/C26H45N5O2/c1-25(2,3)17-22(16-23(32)31-14-12-29(4)13-15-31)24(33)28-26(19-27)10-11-30(20-26)18-21-8-6-5-7-9-21/h21-22H,5-18,20H2,1-4H3,(H,28,33). The number of amides is 2. The van der Waals surface area contributed by atoms with Crippen molar-refractivity contribution in [2.75, 3.05) is 52.9 Å². The number of likely N-dealkylation sites (N-methyl/N-ethyl adjacent to an activating group) is 1. The quantitative estimate of drug-likeness (QED) is 0.633. The average molecular weight is 460 g/mol. The Balaban J connectivity index is 1.61. The lowest BCUT2D eigenvalue weighted by atomic mass is 9.82. The van der Waals surface area contributed by atoms with Crippen LogP contribution in [0, 0.1) is 28.6 Å². The first kappa shape index (κ1) is 26.0. The molecule has 2 aliphatic heterocycles. The second-order valence-corrected chi connectivity index (χ2v) is 12.0. The summed E-state index contributed by atoms with van der Waals surface area (Å²) in [5, 5.41) is 13.2. The molecule has 0 aromatic carbocycles. The van der Waals surface area contributed by atoms with Crippen LogP contribution in [0.25, 0.3) is 0 Å². The molecule has 0 aromatic heterocycles. The summed E-state index contributed by atoms with van der Waals surface area (Å²) in [6.45, 7) is 12.0. The molecule has 2 atom stereocenters. The molecule has 3 fully saturated rings. The van der Waals surface area contributed by atoms with Crippen LogP contribution in [0.3, 0.4) is 0 Å². The lowest BCUT2D eigenvalue weighted by Crippen LogP contribution is -2.53. The van der Waals surface area contributed by atoms with Gasteiger partial charge < -0.3 is 15.1 Å². The number of nitriles is 1. The molecule has 0 radical (unpaired) electrons. The fourth-order valence-corrected chi connectivity index (χ4v) is 5.73. The molecule has 1 N–H and O–H groups in total. The molecule has 2 heterocycles. The second-order valence-electron chi connectivity index (χ2n) is 12.0. The third kappa shape index (κ3) is 7.68. The normalized spacial score (nSPS) is 26.7. The summed E-state index contributed by atoms with van der Waals surface area (Å²) in [4.78, 5) is 33.0. The van der Waals surface area contributed by atoms with E-state index in [1.165, 1.54) is 32.1 Å². The van der Waals surface area contributed by atoms with Crippen molar-refractivity contribution in [1.82, 2.24) is 20.0 Å². The summed E-state index contributed by atoms with van der Waals surface area (Å²) in [6, 6.07) is 2.44. The van der Waals surface area contributed by atoms with Crippen molar-refractivity contribution in [1.29, 1.82) is 5.26 Å². The van der Waals surface area contributed by atoms with E-state index in [0.717, 1.165) is 45.2 Å². The highest BCUT2D eigenvalue weighted by molar-refractivity contribution is 5.86. The first-order chi connectivity index (χ1) is 15.6. The van der Waals surface area contributed by atoms with Crippen molar-refractivity contribution in [2.24, 2.45) is 17.3 Å². The molecular formula is C26H45N5O2. The Labute approximate surface area is 200 Å². The zero-order chi connectivity index (χ0) is 24.1. The van der Waals surface area contributed by atoms with Gasteiger partial charge in [0, 0.05) is 58.2 Å². The minimum Gasteiger partial charge on any atom is -0.340 e. The van der Waals surface area contributed by atoms with E-state index in [-0.39, 0.29) is 23.7 Å². The number of hydrogen-bond donors (Lipinski definition) is 1. The van der Waals surface area contributed by atoms with E-state index < -0.39 is 11.5 Å². The van der Waals surface area contributed by atoms with Gasteiger partial charge in [-0.05, 0) is 44.1 Å². The van der Waals surface area contributed by atoms with Gasteiger partial charge >= 0.3 is 0 Å². The van der Waals surface area contributed by atoms with Crippen molar-refractivity contribution in [2.45, 2.75) is 77.7 Å². The summed E-state index contributed by atoms with van der Waals surface area (Å²) in [6.07, 6.45) is 8.05. The van der Waals surface area contributed by atoms with Gasteiger partial charge in [0.15, 0.2) is 0 Å². The first-order valence-electron chi connectivity index (χ1n) is 13.0. The lowest BCUT2D eigenvalue weighted by Gasteiger charge is -2.34. The molecule has 3 rings (SSSR count). The SMILES string of the molecule is CN1CCN(C(=O)CC(CC(C)(C)C)C(=O)NC2(C#N)CCN(CC3CCCCC3)C2)CC1. The van der Waals surface area contributed by atoms with Crippen LogP contribution in [0.2, 0.25) is 0 Å². The van der Waals surface area contributed by atoms with Crippen molar-refractivity contribution in [3.8, 4) is 6.07 Å². The molecule has 0 bridgehead atoms.